The molecule has 0 unspecified atom stereocenters. The average Bonchev–Trinajstić information content (AvgIpc) is 2.98. The van der Waals surface area contributed by atoms with Crippen molar-refractivity contribution in [3.8, 4) is 0 Å². The van der Waals surface area contributed by atoms with Gasteiger partial charge in [-0.05, 0) is 24.1 Å². The van der Waals surface area contributed by atoms with E-state index in [-0.39, 0.29) is 34.5 Å². The molecule has 2 saturated heterocycles. The molecule has 2 atom stereocenters. The van der Waals surface area contributed by atoms with Gasteiger partial charge in [0.25, 0.3) is 5.91 Å². The van der Waals surface area contributed by atoms with Crippen molar-refractivity contribution in [3.05, 3.63) is 35.6 Å². The number of thioether (sulfide) groups is 1. The minimum Gasteiger partial charge on any atom is -0.346 e. The molecule has 2 fully saturated rings. The molecule has 0 spiro atoms. The molecule has 0 N–H and O–H groups in total. The first-order chi connectivity index (χ1) is 11.4. The van der Waals surface area contributed by atoms with Crippen LogP contribution in [0.15, 0.2) is 29.3 Å². The van der Waals surface area contributed by atoms with E-state index in [1.165, 1.54) is 23.9 Å². The number of hydrogen-bond acceptors (Lipinski definition) is 4. The zero-order valence-corrected chi connectivity index (χ0v) is 15.1. The number of sulfone groups is 1. The van der Waals surface area contributed by atoms with Crippen molar-refractivity contribution in [3.63, 3.8) is 0 Å². The molecule has 1 amide bonds. The number of carbonyl (C=O) groups excluding carboxylic acids is 1. The molecular formula is C15H16ClFN2O3S2. The van der Waals surface area contributed by atoms with Gasteiger partial charge in [-0.15, -0.1) is 11.6 Å². The van der Waals surface area contributed by atoms with E-state index in [1.807, 2.05) is 4.90 Å². The first kappa shape index (κ1) is 17.7. The van der Waals surface area contributed by atoms with Crippen LogP contribution in [-0.2, 0) is 21.1 Å². The van der Waals surface area contributed by atoms with Crippen LogP contribution in [0.5, 0.6) is 0 Å². The highest BCUT2D eigenvalue weighted by Gasteiger charge is 2.48. The van der Waals surface area contributed by atoms with Gasteiger partial charge in [-0.2, -0.15) is 4.99 Å². The second kappa shape index (κ2) is 7.01. The summed E-state index contributed by atoms with van der Waals surface area (Å²) < 4.78 is 36.7. The van der Waals surface area contributed by atoms with Crippen LogP contribution in [0.2, 0.25) is 0 Å². The second-order valence-corrected chi connectivity index (χ2v) is 9.42. The Morgan fingerprint density at radius 3 is 2.71 bits per heavy atom. The van der Waals surface area contributed by atoms with Gasteiger partial charge in [0.1, 0.15) is 11.7 Å². The Morgan fingerprint density at radius 1 is 1.33 bits per heavy atom. The fourth-order valence-corrected chi connectivity index (χ4v) is 6.99. The van der Waals surface area contributed by atoms with Crippen LogP contribution in [0.1, 0.15) is 5.56 Å². The third kappa shape index (κ3) is 3.92. The molecule has 2 heterocycles. The highest BCUT2D eigenvalue weighted by molar-refractivity contribution is 8.15. The van der Waals surface area contributed by atoms with Crippen molar-refractivity contribution < 1.29 is 17.6 Å². The quantitative estimate of drug-likeness (QED) is 0.732. The first-order valence-corrected chi connectivity index (χ1v) is 10.7. The van der Waals surface area contributed by atoms with Crippen molar-refractivity contribution >= 4 is 44.3 Å². The molecule has 0 radical (unpaired) electrons. The molecular weight excluding hydrogens is 375 g/mol. The van der Waals surface area contributed by atoms with Gasteiger partial charge >= 0.3 is 0 Å². The Bertz CT molecular complexity index is 767. The van der Waals surface area contributed by atoms with Crippen LogP contribution in [-0.4, -0.2) is 59.6 Å². The molecule has 1 aromatic carbocycles. The van der Waals surface area contributed by atoms with Gasteiger partial charge in [0.2, 0.25) is 0 Å². The van der Waals surface area contributed by atoms with Gasteiger partial charge in [-0.3, -0.25) is 4.79 Å². The predicted octanol–water partition coefficient (Wildman–Crippen LogP) is 1.70. The summed E-state index contributed by atoms with van der Waals surface area (Å²) >= 11 is 6.85. The molecule has 2 aliphatic heterocycles. The zero-order valence-electron chi connectivity index (χ0n) is 12.7. The van der Waals surface area contributed by atoms with E-state index in [4.69, 9.17) is 11.6 Å². The smallest absolute Gasteiger partial charge is 0.262 e. The number of benzene rings is 1. The Labute approximate surface area is 149 Å². The third-order valence-electron chi connectivity index (χ3n) is 4.06. The maximum absolute atomic E-state index is 13.0. The van der Waals surface area contributed by atoms with Crippen LogP contribution in [0.3, 0.4) is 0 Å². The number of fused-ring (bicyclic) bond motifs is 1. The summed E-state index contributed by atoms with van der Waals surface area (Å²) in [4.78, 5) is 17.4. The van der Waals surface area contributed by atoms with Crippen molar-refractivity contribution in [2.45, 2.75) is 17.7 Å². The topological polar surface area (TPSA) is 66.8 Å². The van der Waals surface area contributed by atoms with Crippen LogP contribution >= 0.6 is 23.4 Å². The number of halogens is 2. The number of aliphatic imine (C=N–C) groups is 1. The minimum atomic E-state index is -3.06. The molecule has 1 aromatic rings. The number of hydrogen-bond donors (Lipinski definition) is 0. The minimum absolute atomic E-state index is 0.0716. The van der Waals surface area contributed by atoms with Crippen molar-refractivity contribution in [1.82, 2.24) is 4.90 Å². The molecule has 0 aromatic heterocycles. The molecule has 5 nitrogen and oxygen atoms in total. The first-order valence-electron chi connectivity index (χ1n) is 7.43. The average molecular weight is 391 g/mol. The zero-order chi connectivity index (χ0) is 17.3. The van der Waals surface area contributed by atoms with E-state index in [0.29, 0.717) is 18.1 Å². The molecule has 9 heteroatoms. The number of amides is 1. The van der Waals surface area contributed by atoms with Crippen molar-refractivity contribution in [2.24, 2.45) is 4.99 Å². The maximum atomic E-state index is 13.0. The van der Waals surface area contributed by atoms with E-state index in [2.05, 4.69) is 4.99 Å². The molecule has 24 heavy (non-hydrogen) atoms. The molecule has 0 bridgehead atoms. The number of rotatable bonds is 4. The standard InChI is InChI=1S/C15H16ClFN2O3S2/c16-7-14(20)18-15-19(6-5-10-1-3-11(17)4-2-10)12-8-24(21,22)9-13(12)23-15/h1-4,12-13H,5-9H2/t12-,13-/m1/s1. The van der Waals surface area contributed by atoms with Crippen LogP contribution < -0.4 is 0 Å². The van der Waals surface area contributed by atoms with Crippen LogP contribution in [0.4, 0.5) is 4.39 Å². The molecule has 2 aliphatic rings. The van der Waals surface area contributed by atoms with Gasteiger partial charge in [-0.1, -0.05) is 23.9 Å². The van der Waals surface area contributed by atoms with Crippen LogP contribution in [0, 0.1) is 5.82 Å². The summed E-state index contributed by atoms with van der Waals surface area (Å²) in [6, 6.07) is 6.00. The van der Waals surface area contributed by atoms with Gasteiger partial charge < -0.3 is 4.90 Å². The lowest BCUT2D eigenvalue weighted by Gasteiger charge is -2.24. The third-order valence-corrected chi connectivity index (χ3v) is 7.54. The summed E-state index contributed by atoms with van der Waals surface area (Å²) in [6.45, 7) is 0.518. The lowest BCUT2D eigenvalue weighted by atomic mass is 10.1. The Kier molecular flexibility index (Phi) is 5.17. The summed E-state index contributed by atoms with van der Waals surface area (Å²) in [5.41, 5.74) is 0.939. The van der Waals surface area contributed by atoms with E-state index in [1.54, 1.807) is 12.1 Å². The van der Waals surface area contributed by atoms with E-state index in [0.717, 1.165) is 5.56 Å². The van der Waals surface area contributed by atoms with E-state index < -0.39 is 15.7 Å². The largest absolute Gasteiger partial charge is 0.346 e. The predicted molar refractivity (Wildman–Crippen MR) is 93.8 cm³/mol. The Hall–Kier alpha value is -1.12. The highest BCUT2D eigenvalue weighted by Crippen LogP contribution is 2.38. The SMILES string of the molecule is O=C(CCl)N=C1S[C@@H]2CS(=O)(=O)C[C@H]2N1CCc1ccc(F)cc1. The normalized spacial score (nSPS) is 26.8. The van der Waals surface area contributed by atoms with Gasteiger partial charge in [0.15, 0.2) is 15.0 Å². The van der Waals surface area contributed by atoms with E-state index in [9.17, 15) is 17.6 Å². The lowest BCUT2D eigenvalue weighted by molar-refractivity contribution is -0.115. The summed E-state index contributed by atoms with van der Waals surface area (Å²) in [5.74, 6) is -0.768. The van der Waals surface area contributed by atoms with Crippen LogP contribution in [0.25, 0.3) is 0 Å². The molecule has 0 saturated carbocycles. The summed E-state index contributed by atoms with van der Waals surface area (Å²) in [5, 5.41) is 0.428. The highest BCUT2D eigenvalue weighted by atomic mass is 35.5. The van der Waals surface area contributed by atoms with Gasteiger partial charge in [0.05, 0.1) is 17.5 Å². The fourth-order valence-electron chi connectivity index (χ4n) is 2.93. The number of alkyl halides is 1. The van der Waals surface area contributed by atoms with Gasteiger partial charge in [0, 0.05) is 11.8 Å². The summed E-state index contributed by atoms with van der Waals surface area (Å²) in [7, 11) is -3.06. The van der Waals surface area contributed by atoms with Crippen molar-refractivity contribution in [1.29, 1.82) is 0 Å². The van der Waals surface area contributed by atoms with Gasteiger partial charge in [-0.25, -0.2) is 12.8 Å². The maximum Gasteiger partial charge on any atom is 0.262 e. The second-order valence-electron chi connectivity index (χ2n) is 5.79. The Balaban J connectivity index is 1.78. The lowest BCUT2D eigenvalue weighted by Crippen LogP contribution is -2.39. The monoisotopic (exact) mass is 390 g/mol. The van der Waals surface area contributed by atoms with Crippen molar-refractivity contribution in [2.75, 3.05) is 23.9 Å². The Morgan fingerprint density at radius 2 is 2.04 bits per heavy atom. The molecule has 130 valence electrons. The number of amidine groups is 1. The number of carbonyl (C=O) groups is 1. The van der Waals surface area contributed by atoms with E-state index >= 15 is 0 Å². The molecule has 0 aliphatic carbocycles. The molecule has 3 rings (SSSR count). The number of nitrogens with zero attached hydrogens (tertiary/aromatic N) is 2. The fraction of sp³-hybridized carbons (Fsp3) is 0.467. The summed E-state index contributed by atoms with van der Waals surface area (Å²) in [6.07, 6.45) is 0.609.